The Balaban J connectivity index is 1.76. The topological polar surface area (TPSA) is 49.4 Å². The molecule has 1 N–H and O–H groups in total. The third-order valence-corrected chi connectivity index (χ3v) is 5.36. The predicted molar refractivity (Wildman–Crippen MR) is 101 cm³/mol. The zero-order valence-electron chi connectivity index (χ0n) is 13.2. The normalized spacial score (nSPS) is 10.4. The van der Waals surface area contributed by atoms with Gasteiger partial charge in [0, 0.05) is 24.4 Å². The van der Waals surface area contributed by atoms with Crippen LogP contribution in [0.4, 0.5) is 0 Å². The molecule has 0 aliphatic carbocycles. The van der Waals surface area contributed by atoms with Crippen LogP contribution in [0.25, 0.3) is 0 Å². The maximum atomic E-state index is 12.4. The first kappa shape index (κ1) is 18.7. The highest BCUT2D eigenvalue weighted by molar-refractivity contribution is 7.16. The van der Waals surface area contributed by atoms with Gasteiger partial charge in [0.25, 0.3) is 5.91 Å². The van der Waals surface area contributed by atoms with Crippen molar-refractivity contribution in [3.05, 3.63) is 56.4 Å². The molecule has 0 radical (unpaired) electrons. The number of halogens is 1. The Hall–Kier alpha value is -1.63. The summed E-state index contributed by atoms with van der Waals surface area (Å²) < 4.78 is 0.715. The van der Waals surface area contributed by atoms with Crippen molar-refractivity contribution in [3.8, 4) is 0 Å². The van der Waals surface area contributed by atoms with E-state index in [4.69, 9.17) is 11.6 Å². The van der Waals surface area contributed by atoms with E-state index in [1.54, 1.807) is 17.0 Å². The zero-order chi connectivity index (χ0) is 17.4. The highest BCUT2D eigenvalue weighted by Crippen LogP contribution is 2.23. The molecule has 2 rings (SSSR count). The fraction of sp³-hybridized carbons (Fsp3) is 0.294. The van der Waals surface area contributed by atoms with E-state index in [0.29, 0.717) is 41.7 Å². The minimum absolute atomic E-state index is 0.0461. The summed E-state index contributed by atoms with van der Waals surface area (Å²) in [4.78, 5) is 27.6. The number of carbonyl (C=O) groups is 2. The first-order valence-electron chi connectivity index (χ1n) is 7.54. The fourth-order valence-corrected chi connectivity index (χ4v) is 3.87. The molecule has 0 aromatic carbocycles. The van der Waals surface area contributed by atoms with Gasteiger partial charge < -0.3 is 10.2 Å². The van der Waals surface area contributed by atoms with Gasteiger partial charge in [0.05, 0.1) is 15.8 Å². The van der Waals surface area contributed by atoms with Crippen LogP contribution in [0.2, 0.25) is 4.34 Å². The number of hydrogen-bond donors (Lipinski definition) is 1. The van der Waals surface area contributed by atoms with Crippen molar-refractivity contribution in [1.29, 1.82) is 0 Å². The molecule has 24 heavy (non-hydrogen) atoms. The van der Waals surface area contributed by atoms with Crippen LogP contribution in [0.3, 0.4) is 0 Å². The average molecular weight is 383 g/mol. The van der Waals surface area contributed by atoms with Gasteiger partial charge in [-0.25, -0.2) is 0 Å². The molecule has 0 bridgehead atoms. The van der Waals surface area contributed by atoms with Gasteiger partial charge in [0.1, 0.15) is 0 Å². The van der Waals surface area contributed by atoms with E-state index in [0.717, 1.165) is 4.88 Å². The van der Waals surface area contributed by atoms with Crippen LogP contribution in [-0.2, 0) is 11.3 Å². The van der Waals surface area contributed by atoms with Crippen molar-refractivity contribution < 1.29 is 9.59 Å². The van der Waals surface area contributed by atoms with E-state index in [-0.39, 0.29) is 11.8 Å². The fourth-order valence-electron chi connectivity index (χ4n) is 2.13. The molecule has 2 aromatic heterocycles. The van der Waals surface area contributed by atoms with Crippen LogP contribution in [0.1, 0.15) is 27.4 Å². The van der Waals surface area contributed by atoms with Crippen LogP contribution >= 0.6 is 34.3 Å². The number of thiophene rings is 2. The molecule has 2 heterocycles. The molecule has 7 heteroatoms. The zero-order valence-corrected chi connectivity index (χ0v) is 15.6. The van der Waals surface area contributed by atoms with Gasteiger partial charge in [-0.3, -0.25) is 9.59 Å². The monoisotopic (exact) mass is 382 g/mol. The molecular weight excluding hydrogens is 364 g/mol. The Bertz CT molecular complexity index is 683. The highest BCUT2D eigenvalue weighted by Gasteiger charge is 2.14. The van der Waals surface area contributed by atoms with E-state index >= 15 is 0 Å². The van der Waals surface area contributed by atoms with E-state index < -0.39 is 0 Å². The number of amides is 2. The summed E-state index contributed by atoms with van der Waals surface area (Å²) in [5, 5.41) is 4.69. The smallest absolute Gasteiger partial charge is 0.261 e. The van der Waals surface area contributed by atoms with Crippen LogP contribution in [0.15, 0.2) is 42.3 Å². The Morgan fingerprint density at radius 2 is 2.17 bits per heavy atom. The predicted octanol–water partition coefficient (Wildman–Crippen LogP) is 4.19. The molecule has 0 saturated heterocycles. The number of rotatable bonds is 9. The van der Waals surface area contributed by atoms with Gasteiger partial charge in [-0.05, 0) is 30.0 Å². The molecule has 0 spiro atoms. The molecule has 0 unspecified atom stereocenters. The summed E-state index contributed by atoms with van der Waals surface area (Å²) in [6.45, 7) is 5.21. The summed E-state index contributed by atoms with van der Waals surface area (Å²) >= 11 is 8.80. The van der Waals surface area contributed by atoms with Crippen LogP contribution < -0.4 is 5.32 Å². The molecule has 0 saturated carbocycles. The molecular formula is C17H19ClN2O2S2. The summed E-state index contributed by atoms with van der Waals surface area (Å²) in [6.07, 6.45) is 2.71. The van der Waals surface area contributed by atoms with Crippen molar-refractivity contribution in [2.24, 2.45) is 0 Å². The van der Waals surface area contributed by atoms with E-state index in [2.05, 4.69) is 11.9 Å². The standard InChI is InChI=1S/C17H19ClN2O2S2/c1-2-10-20(12-13-7-8-15(18)24-13)16(21)6-3-9-19-17(22)14-5-4-11-23-14/h2,4-5,7-8,11H,1,3,6,9-10,12H2,(H,19,22). The van der Waals surface area contributed by atoms with Crippen molar-refractivity contribution in [1.82, 2.24) is 10.2 Å². The van der Waals surface area contributed by atoms with Gasteiger partial charge in [-0.2, -0.15) is 0 Å². The second-order valence-electron chi connectivity index (χ2n) is 5.11. The van der Waals surface area contributed by atoms with Crippen LogP contribution in [0, 0.1) is 0 Å². The largest absolute Gasteiger partial charge is 0.351 e. The van der Waals surface area contributed by atoms with Gasteiger partial charge in [-0.15, -0.1) is 29.3 Å². The maximum absolute atomic E-state index is 12.4. The maximum Gasteiger partial charge on any atom is 0.261 e. The summed E-state index contributed by atoms with van der Waals surface area (Å²) in [7, 11) is 0. The summed E-state index contributed by atoms with van der Waals surface area (Å²) in [5.74, 6) is -0.0431. The van der Waals surface area contributed by atoms with Gasteiger partial charge >= 0.3 is 0 Å². The van der Waals surface area contributed by atoms with Crippen molar-refractivity contribution in [2.45, 2.75) is 19.4 Å². The van der Waals surface area contributed by atoms with Crippen molar-refractivity contribution in [2.75, 3.05) is 13.1 Å². The average Bonchev–Trinajstić information content (AvgIpc) is 3.22. The third-order valence-electron chi connectivity index (χ3n) is 3.28. The second kappa shape index (κ2) is 9.61. The molecule has 128 valence electrons. The molecule has 2 amide bonds. The van der Waals surface area contributed by atoms with Gasteiger partial charge in [0.2, 0.25) is 5.91 Å². The number of nitrogens with one attached hydrogen (secondary N) is 1. The molecule has 4 nitrogen and oxygen atoms in total. The lowest BCUT2D eigenvalue weighted by Crippen LogP contribution is -2.31. The number of nitrogens with zero attached hydrogens (tertiary/aromatic N) is 1. The molecule has 2 aromatic rings. The van der Waals surface area contributed by atoms with Crippen LogP contribution in [0.5, 0.6) is 0 Å². The molecule has 0 fully saturated rings. The number of carbonyl (C=O) groups excluding carboxylic acids is 2. The van der Waals surface area contributed by atoms with Crippen molar-refractivity contribution in [3.63, 3.8) is 0 Å². The molecule has 0 atom stereocenters. The van der Waals surface area contributed by atoms with E-state index in [1.807, 2.05) is 23.6 Å². The quantitative estimate of drug-likeness (QED) is 0.522. The Morgan fingerprint density at radius 1 is 1.33 bits per heavy atom. The Morgan fingerprint density at radius 3 is 2.79 bits per heavy atom. The molecule has 0 aliphatic heterocycles. The third kappa shape index (κ3) is 5.78. The molecule has 0 aliphatic rings. The summed E-state index contributed by atoms with van der Waals surface area (Å²) in [5.41, 5.74) is 0. The summed E-state index contributed by atoms with van der Waals surface area (Å²) in [6, 6.07) is 7.38. The van der Waals surface area contributed by atoms with Crippen molar-refractivity contribution >= 4 is 46.1 Å². The van der Waals surface area contributed by atoms with Gasteiger partial charge in [0.15, 0.2) is 0 Å². The lowest BCUT2D eigenvalue weighted by Gasteiger charge is -2.20. The lowest BCUT2D eigenvalue weighted by atomic mass is 10.2. The first-order valence-corrected chi connectivity index (χ1v) is 9.62. The highest BCUT2D eigenvalue weighted by atomic mass is 35.5. The van der Waals surface area contributed by atoms with Gasteiger partial charge in [-0.1, -0.05) is 23.7 Å². The SMILES string of the molecule is C=CCN(Cc1ccc(Cl)s1)C(=O)CCCNC(=O)c1cccs1. The van der Waals surface area contributed by atoms with Crippen LogP contribution in [-0.4, -0.2) is 29.8 Å². The number of hydrogen-bond acceptors (Lipinski definition) is 4. The minimum Gasteiger partial charge on any atom is -0.351 e. The Kier molecular flexibility index (Phi) is 7.49. The Labute approximate surface area is 154 Å². The van der Waals surface area contributed by atoms with E-state index in [1.165, 1.54) is 22.7 Å². The first-order chi connectivity index (χ1) is 11.6. The lowest BCUT2D eigenvalue weighted by molar-refractivity contribution is -0.131. The minimum atomic E-state index is -0.0892. The van der Waals surface area contributed by atoms with E-state index in [9.17, 15) is 9.59 Å². The second-order valence-corrected chi connectivity index (χ2v) is 7.85.